The fraction of sp³-hybridized carbons (Fsp3) is 0.846. The maximum absolute atomic E-state index is 11.9. The topological polar surface area (TPSA) is 61.7 Å². The maximum Gasteiger partial charge on any atom is 0.245 e. The fourth-order valence-corrected chi connectivity index (χ4v) is 4.22. The van der Waals surface area contributed by atoms with Gasteiger partial charge in [0.05, 0.1) is 12.1 Å². The van der Waals surface area contributed by atoms with Gasteiger partial charge in [0, 0.05) is 0 Å². The van der Waals surface area contributed by atoms with Crippen LogP contribution in [0.5, 0.6) is 0 Å². The van der Waals surface area contributed by atoms with Crippen LogP contribution >= 0.6 is 11.8 Å². The summed E-state index contributed by atoms with van der Waals surface area (Å²) in [5, 5.41) is 13.2. The molecule has 1 unspecified atom stereocenters. The molecule has 18 heavy (non-hydrogen) atoms. The molecule has 1 saturated heterocycles. The minimum atomic E-state index is -0.789. The van der Waals surface area contributed by atoms with Crippen molar-refractivity contribution >= 4 is 22.8 Å². The van der Waals surface area contributed by atoms with Gasteiger partial charge in [0.1, 0.15) is 4.75 Å². The molecule has 0 aromatic heterocycles. The fourth-order valence-electron chi connectivity index (χ4n) is 3.18. The van der Waals surface area contributed by atoms with Crippen LogP contribution in [0.2, 0.25) is 0 Å². The highest BCUT2D eigenvalue weighted by atomic mass is 32.2. The number of thioether (sulfide) groups is 1. The molecule has 3 rings (SSSR count). The normalized spacial score (nSPS) is 50.2. The lowest BCUT2D eigenvalue weighted by Crippen LogP contribution is -2.57. The van der Waals surface area contributed by atoms with Gasteiger partial charge in [-0.15, -0.1) is 0 Å². The van der Waals surface area contributed by atoms with Gasteiger partial charge in [-0.25, -0.2) is 0 Å². The first-order chi connectivity index (χ1) is 8.36. The zero-order valence-corrected chi connectivity index (χ0v) is 11.9. The second kappa shape index (κ2) is 3.73. The summed E-state index contributed by atoms with van der Waals surface area (Å²) in [7, 11) is 0. The molecule has 0 bridgehead atoms. The Bertz CT molecular complexity index is 437. The number of hydrogen-bond acceptors (Lipinski definition) is 4. The molecule has 5 atom stereocenters. The molecule has 3 fully saturated rings. The SMILES string of the molecule is C[C@@H](O)[C@@]1(C)SC(=N[C@H]2C[C@@H]3CCC32C)NC1=O. The summed E-state index contributed by atoms with van der Waals surface area (Å²) in [6.45, 7) is 5.73. The Hall–Kier alpha value is -0.550. The molecule has 4 nitrogen and oxygen atoms in total. The Balaban J connectivity index is 1.74. The van der Waals surface area contributed by atoms with Crippen molar-refractivity contribution in [1.29, 1.82) is 0 Å². The number of carbonyl (C=O) groups is 1. The van der Waals surface area contributed by atoms with Crippen molar-refractivity contribution < 1.29 is 9.90 Å². The highest BCUT2D eigenvalue weighted by Crippen LogP contribution is 2.62. The second-order valence-corrected chi connectivity index (χ2v) is 7.71. The first-order valence-corrected chi connectivity index (χ1v) is 7.44. The van der Waals surface area contributed by atoms with E-state index in [4.69, 9.17) is 4.99 Å². The number of carbonyl (C=O) groups excluding carboxylic acids is 1. The number of amides is 1. The Kier molecular flexibility index (Phi) is 2.59. The van der Waals surface area contributed by atoms with Gasteiger partial charge >= 0.3 is 0 Å². The number of nitrogens with one attached hydrogen (secondary N) is 1. The van der Waals surface area contributed by atoms with Crippen molar-refractivity contribution in [2.45, 2.75) is 56.9 Å². The first kappa shape index (κ1) is 12.5. The van der Waals surface area contributed by atoms with E-state index < -0.39 is 10.9 Å². The number of aliphatic imine (C=N–C) groups is 1. The lowest BCUT2D eigenvalue weighted by molar-refractivity contribution is -0.123. The van der Waals surface area contributed by atoms with E-state index in [0.29, 0.717) is 16.6 Å². The summed E-state index contributed by atoms with van der Waals surface area (Å²) in [5.74, 6) is 0.716. The predicted molar refractivity (Wildman–Crippen MR) is 72.5 cm³/mol. The van der Waals surface area contributed by atoms with Crippen LogP contribution in [-0.4, -0.2) is 33.1 Å². The summed E-state index contributed by atoms with van der Waals surface area (Å²) < 4.78 is -0.789. The average molecular weight is 268 g/mol. The average Bonchev–Trinajstić information content (AvgIpc) is 2.59. The molecule has 1 aliphatic heterocycles. The van der Waals surface area contributed by atoms with Crippen molar-refractivity contribution in [3.63, 3.8) is 0 Å². The van der Waals surface area contributed by atoms with E-state index in [1.165, 1.54) is 24.6 Å². The summed E-state index contributed by atoms with van der Waals surface area (Å²) in [4.78, 5) is 16.6. The Labute approximate surface area is 112 Å². The van der Waals surface area contributed by atoms with Gasteiger partial charge in [0.25, 0.3) is 0 Å². The molecule has 0 radical (unpaired) electrons. The summed E-state index contributed by atoms with van der Waals surface area (Å²) in [6.07, 6.45) is 3.07. The molecule has 3 aliphatic rings. The summed E-state index contributed by atoms with van der Waals surface area (Å²) in [5.41, 5.74) is 0.377. The molecular weight excluding hydrogens is 248 g/mol. The van der Waals surface area contributed by atoms with Crippen LogP contribution < -0.4 is 5.32 Å². The minimum Gasteiger partial charge on any atom is -0.391 e. The summed E-state index contributed by atoms with van der Waals surface area (Å²) >= 11 is 1.37. The van der Waals surface area contributed by atoms with Gasteiger partial charge in [0.15, 0.2) is 5.17 Å². The van der Waals surface area contributed by atoms with Crippen LogP contribution in [0.15, 0.2) is 4.99 Å². The highest BCUT2D eigenvalue weighted by Gasteiger charge is 2.58. The molecule has 1 heterocycles. The minimum absolute atomic E-state index is 0.129. The molecule has 5 heteroatoms. The molecular formula is C13H20N2O2S. The quantitative estimate of drug-likeness (QED) is 0.798. The van der Waals surface area contributed by atoms with Crippen LogP contribution in [0.25, 0.3) is 0 Å². The molecule has 1 amide bonds. The molecule has 0 aromatic rings. The maximum atomic E-state index is 11.9. The lowest BCUT2D eigenvalue weighted by atomic mass is 9.46. The summed E-state index contributed by atoms with van der Waals surface area (Å²) in [6, 6.07) is 0.357. The van der Waals surface area contributed by atoms with Gasteiger partial charge in [0.2, 0.25) is 5.91 Å². The Morgan fingerprint density at radius 1 is 1.56 bits per heavy atom. The number of amidine groups is 1. The number of fused-ring (bicyclic) bond motifs is 1. The van der Waals surface area contributed by atoms with E-state index in [9.17, 15) is 9.90 Å². The number of nitrogens with zero attached hydrogens (tertiary/aromatic N) is 1. The van der Waals surface area contributed by atoms with Crippen LogP contribution in [0, 0.1) is 11.3 Å². The third-order valence-electron chi connectivity index (χ3n) is 5.28. The lowest BCUT2D eigenvalue weighted by Gasteiger charge is -2.60. The van der Waals surface area contributed by atoms with E-state index in [0.717, 1.165) is 12.3 Å². The van der Waals surface area contributed by atoms with Crippen molar-refractivity contribution in [3.05, 3.63) is 0 Å². The van der Waals surface area contributed by atoms with Crippen LogP contribution in [-0.2, 0) is 4.79 Å². The van der Waals surface area contributed by atoms with Crippen molar-refractivity contribution in [2.75, 3.05) is 0 Å². The monoisotopic (exact) mass is 268 g/mol. The van der Waals surface area contributed by atoms with E-state index in [1.807, 2.05) is 0 Å². The van der Waals surface area contributed by atoms with Crippen molar-refractivity contribution in [1.82, 2.24) is 5.32 Å². The van der Waals surface area contributed by atoms with Crippen molar-refractivity contribution in [3.8, 4) is 0 Å². The number of aliphatic hydroxyl groups is 1. The second-order valence-electron chi connectivity index (χ2n) is 6.27. The van der Waals surface area contributed by atoms with Gasteiger partial charge in [-0.05, 0) is 44.4 Å². The highest BCUT2D eigenvalue weighted by molar-refractivity contribution is 8.16. The van der Waals surface area contributed by atoms with Crippen LogP contribution in [0.3, 0.4) is 0 Å². The zero-order chi connectivity index (χ0) is 13.1. The molecule has 2 aliphatic carbocycles. The van der Waals surface area contributed by atoms with Crippen molar-refractivity contribution in [2.24, 2.45) is 16.3 Å². The third kappa shape index (κ3) is 1.50. The van der Waals surface area contributed by atoms with E-state index in [-0.39, 0.29) is 5.91 Å². The third-order valence-corrected chi connectivity index (χ3v) is 6.63. The van der Waals surface area contributed by atoms with E-state index in [1.54, 1.807) is 13.8 Å². The Morgan fingerprint density at radius 2 is 2.28 bits per heavy atom. The zero-order valence-electron chi connectivity index (χ0n) is 11.1. The van der Waals surface area contributed by atoms with Gasteiger partial charge in [-0.1, -0.05) is 18.7 Å². The van der Waals surface area contributed by atoms with Gasteiger partial charge in [-0.3, -0.25) is 9.79 Å². The molecule has 2 saturated carbocycles. The number of rotatable bonds is 2. The van der Waals surface area contributed by atoms with Crippen LogP contribution in [0.1, 0.15) is 40.0 Å². The molecule has 0 spiro atoms. The van der Waals surface area contributed by atoms with Gasteiger partial charge < -0.3 is 10.4 Å². The first-order valence-electron chi connectivity index (χ1n) is 6.62. The number of hydrogen-bond donors (Lipinski definition) is 2. The smallest absolute Gasteiger partial charge is 0.245 e. The van der Waals surface area contributed by atoms with E-state index >= 15 is 0 Å². The number of aliphatic hydroxyl groups excluding tert-OH is 1. The van der Waals surface area contributed by atoms with Gasteiger partial charge in [-0.2, -0.15) is 0 Å². The largest absolute Gasteiger partial charge is 0.391 e. The molecule has 2 N–H and O–H groups in total. The Morgan fingerprint density at radius 3 is 2.67 bits per heavy atom. The molecule has 0 aromatic carbocycles. The van der Waals surface area contributed by atoms with Crippen LogP contribution in [0.4, 0.5) is 0 Å². The standard InChI is InChI=1S/C13H20N2O2S/c1-7(16)13(3)10(17)15-11(18-13)14-9-6-8-4-5-12(8,9)2/h7-9,16H,4-6H2,1-3H3,(H,14,15,17)/t7-,8+,9+,12?,13-/m1/s1. The van der Waals surface area contributed by atoms with E-state index in [2.05, 4.69) is 12.2 Å². The molecule has 100 valence electrons. The predicted octanol–water partition coefficient (Wildman–Crippen LogP) is 1.53.